The van der Waals surface area contributed by atoms with Gasteiger partial charge in [-0.05, 0) is 19.8 Å². The van der Waals surface area contributed by atoms with Gasteiger partial charge in [-0.3, -0.25) is 0 Å². The maximum Gasteiger partial charge on any atom is 0.327 e. The van der Waals surface area contributed by atoms with Gasteiger partial charge in [0.2, 0.25) is 0 Å². The summed E-state index contributed by atoms with van der Waals surface area (Å²) in [6.07, 6.45) is 31.5. The molecular formula is C31H60O5. The highest BCUT2D eigenvalue weighted by Crippen LogP contribution is 2.12. The first-order valence-corrected chi connectivity index (χ1v) is 14.7. The van der Waals surface area contributed by atoms with Gasteiger partial charge in [-0.1, -0.05) is 142 Å². The summed E-state index contributed by atoms with van der Waals surface area (Å²) in [6, 6.07) is 0. The average molecular weight is 513 g/mol. The van der Waals surface area contributed by atoms with Crippen molar-refractivity contribution in [3.8, 4) is 0 Å². The summed E-state index contributed by atoms with van der Waals surface area (Å²) in [4.78, 5) is 18.8. The molecule has 0 aliphatic carbocycles. The molecule has 0 amide bonds. The standard InChI is InChI=1S/C24H50O.C4H6O2.C3H4O2/c1-3-5-7-9-11-13-15-17-19-21-23-25-24-22-20-18-16-14-12-10-8-6-4-2;1-2-3-4(5)6;1-2-3(4)5/h3-24H2,1-2H3;2-3H,1H3,(H,5,6);2H,1H2,(H,4,5)/b;3-2+;. The number of hydrogen-bond acceptors (Lipinski definition) is 3. The number of allylic oxidation sites excluding steroid dienone is 1. The zero-order valence-electron chi connectivity index (χ0n) is 24.1. The largest absolute Gasteiger partial charge is 0.478 e. The molecule has 0 aromatic rings. The number of unbranched alkanes of at least 4 members (excludes halogenated alkanes) is 18. The number of rotatable bonds is 24. The van der Waals surface area contributed by atoms with Gasteiger partial charge >= 0.3 is 11.9 Å². The molecule has 36 heavy (non-hydrogen) atoms. The number of carbonyl (C=O) groups is 2. The lowest BCUT2D eigenvalue weighted by molar-refractivity contribution is -0.132. The Labute approximate surface area is 223 Å². The SMILES string of the molecule is C/C=C/C(=O)O.C=CC(=O)O.CCCCCCCCCCCCOCCCCCCCCCCCC. The van der Waals surface area contributed by atoms with Gasteiger partial charge in [0.25, 0.3) is 0 Å². The van der Waals surface area contributed by atoms with Crippen LogP contribution in [0.25, 0.3) is 0 Å². The van der Waals surface area contributed by atoms with Crippen LogP contribution in [0, 0.1) is 0 Å². The van der Waals surface area contributed by atoms with E-state index in [0.717, 1.165) is 25.4 Å². The van der Waals surface area contributed by atoms with Crippen molar-refractivity contribution in [1.82, 2.24) is 0 Å². The van der Waals surface area contributed by atoms with Gasteiger partial charge in [0.1, 0.15) is 0 Å². The number of carboxylic acid groups (broad SMARTS) is 2. The molecule has 0 aromatic carbocycles. The Morgan fingerprint density at radius 1 is 0.583 bits per heavy atom. The fourth-order valence-corrected chi connectivity index (χ4v) is 3.63. The monoisotopic (exact) mass is 512 g/mol. The summed E-state index contributed by atoms with van der Waals surface area (Å²) in [5.41, 5.74) is 0. The average Bonchev–Trinajstić information content (AvgIpc) is 2.85. The highest BCUT2D eigenvalue weighted by Gasteiger charge is 1.95. The first-order valence-electron chi connectivity index (χ1n) is 14.7. The summed E-state index contributed by atoms with van der Waals surface area (Å²) in [5, 5.41) is 15.4. The van der Waals surface area contributed by atoms with Gasteiger partial charge in [0.15, 0.2) is 0 Å². The first-order chi connectivity index (χ1) is 17.5. The van der Waals surface area contributed by atoms with E-state index in [1.54, 1.807) is 6.92 Å². The van der Waals surface area contributed by atoms with E-state index >= 15 is 0 Å². The van der Waals surface area contributed by atoms with Crippen molar-refractivity contribution in [3.05, 3.63) is 24.8 Å². The summed E-state index contributed by atoms with van der Waals surface area (Å²) in [5.74, 6) is -1.87. The second-order valence-electron chi connectivity index (χ2n) is 9.36. The molecule has 0 fully saturated rings. The molecule has 0 aliphatic heterocycles. The highest BCUT2D eigenvalue weighted by atomic mass is 16.5. The third kappa shape index (κ3) is 49.5. The van der Waals surface area contributed by atoms with Gasteiger partial charge in [0, 0.05) is 25.4 Å². The van der Waals surface area contributed by atoms with Crippen LogP contribution >= 0.6 is 0 Å². The second kappa shape index (κ2) is 37.9. The Kier molecular flexibility index (Phi) is 41.0. The Balaban J connectivity index is -0.000000818. The maximum absolute atomic E-state index is 9.51. The Morgan fingerprint density at radius 3 is 1.06 bits per heavy atom. The van der Waals surface area contributed by atoms with Crippen molar-refractivity contribution < 1.29 is 24.5 Å². The third-order valence-electron chi connectivity index (χ3n) is 5.77. The maximum atomic E-state index is 9.51. The van der Waals surface area contributed by atoms with Crippen molar-refractivity contribution in [3.63, 3.8) is 0 Å². The highest BCUT2D eigenvalue weighted by molar-refractivity contribution is 5.79. The lowest BCUT2D eigenvalue weighted by Gasteiger charge is -2.05. The molecule has 214 valence electrons. The van der Waals surface area contributed by atoms with Crippen molar-refractivity contribution in [2.45, 2.75) is 149 Å². The van der Waals surface area contributed by atoms with Crippen molar-refractivity contribution in [2.75, 3.05) is 13.2 Å². The molecule has 0 bridgehead atoms. The minimum Gasteiger partial charge on any atom is -0.478 e. The Bertz CT molecular complexity index is 452. The van der Waals surface area contributed by atoms with E-state index in [2.05, 4.69) is 20.4 Å². The van der Waals surface area contributed by atoms with Crippen LogP contribution in [0.4, 0.5) is 0 Å². The first kappa shape index (κ1) is 38.9. The molecule has 0 atom stereocenters. The minimum absolute atomic E-state index is 0.833. The van der Waals surface area contributed by atoms with Crippen LogP contribution in [-0.2, 0) is 14.3 Å². The van der Waals surface area contributed by atoms with E-state index in [1.165, 1.54) is 134 Å². The van der Waals surface area contributed by atoms with Crippen LogP contribution in [0.5, 0.6) is 0 Å². The lowest BCUT2D eigenvalue weighted by Crippen LogP contribution is -1.97. The molecule has 5 nitrogen and oxygen atoms in total. The molecule has 0 saturated heterocycles. The molecule has 0 spiro atoms. The van der Waals surface area contributed by atoms with Crippen molar-refractivity contribution >= 4 is 11.9 Å². The molecule has 0 unspecified atom stereocenters. The number of ether oxygens (including phenoxy) is 1. The van der Waals surface area contributed by atoms with Gasteiger partial charge in [-0.2, -0.15) is 0 Å². The molecule has 5 heteroatoms. The van der Waals surface area contributed by atoms with E-state index in [-0.39, 0.29) is 0 Å². The molecule has 0 aromatic heterocycles. The topological polar surface area (TPSA) is 83.8 Å². The molecule has 0 saturated carbocycles. The fourth-order valence-electron chi connectivity index (χ4n) is 3.63. The van der Waals surface area contributed by atoms with Crippen molar-refractivity contribution in [2.24, 2.45) is 0 Å². The molecule has 0 heterocycles. The molecular weight excluding hydrogens is 452 g/mol. The normalized spacial score (nSPS) is 10.3. The van der Waals surface area contributed by atoms with Gasteiger partial charge < -0.3 is 14.9 Å². The van der Waals surface area contributed by atoms with E-state index in [1.807, 2.05) is 0 Å². The third-order valence-corrected chi connectivity index (χ3v) is 5.77. The summed E-state index contributed by atoms with van der Waals surface area (Å²) < 4.78 is 5.78. The van der Waals surface area contributed by atoms with E-state index in [0.29, 0.717) is 0 Å². The molecule has 2 N–H and O–H groups in total. The van der Waals surface area contributed by atoms with Crippen LogP contribution < -0.4 is 0 Å². The minimum atomic E-state index is -0.981. The molecule has 0 radical (unpaired) electrons. The fraction of sp³-hybridized carbons (Fsp3) is 0.806. The van der Waals surface area contributed by atoms with E-state index < -0.39 is 11.9 Å². The molecule has 0 aliphatic rings. The Morgan fingerprint density at radius 2 is 0.861 bits per heavy atom. The zero-order valence-corrected chi connectivity index (χ0v) is 24.1. The predicted octanol–water partition coefficient (Wildman–Crippen LogP) is 9.75. The Hall–Kier alpha value is -1.62. The summed E-state index contributed by atoms with van der Waals surface area (Å²) >= 11 is 0. The zero-order chi connectivity index (χ0) is 27.5. The summed E-state index contributed by atoms with van der Waals surface area (Å²) in [7, 11) is 0. The van der Waals surface area contributed by atoms with E-state index in [4.69, 9.17) is 14.9 Å². The van der Waals surface area contributed by atoms with Crippen LogP contribution in [0.1, 0.15) is 149 Å². The van der Waals surface area contributed by atoms with Crippen LogP contribution in [0.15, 0.2) is 24.8 Å². The second-order valence-corrected chi connectivity index (χ2v) is 9.36. The van der Waals surface area contributed by atoms with Gasteiger partial charge in [0.05, 0.1) is 0 Å². The number of carboxylic acids is 2. The number of hydrogen-bond donors (Lipinski definition) is 2. The van der Waals surface area contributed by atoms with Crippen LogP contribution in [-0.4, -0.2) is 35.4 Å². The van der Waals surface area contributed by atoms with Gasteiger partial charge in [-0.15, -0.1) is 0 Å². The van der Waals surface area contributed by atoms with Gasteiger partial charge in [-0.25, -0.2) is 9.59 Å². The van der Waals surface area contributed by atoms with Crippen molar-refractivity contribution in [1.29, 1.82) is 0 Å². The lowest BCUT2D eigenvalue weighted by atomic mass is 10.1. The number of aliphatic carboxylic acids is 2. The molecule has 0 rings (SSSR count). The summed E-state index contributed by atoms with van der Waals surface area (Å²) in [6.45, 7) is 11.2. The smallest absolute Gasteiger partial charge is 0.327 e. The van der Waals surface area contributed by atoms with E-state index in [9.17, 15) is 9.59 Å². The van der Waals surface area contributed by atoms with Crippen LogP contribution in [0.2, 0.25) is 0 Å². The quantitative estimate of drug-likeness (QED) is 0.0993. The predicted molar refractivity (Wildman–Crippen MR) is 155 cm³/mol. The van der Waals surface area contributed by atoms with Crippen LogP contribution in [0.3, 0.4) is 0 Å².